The van der Waals surface area contributed by atoms with E-state index in [-0.39, 0.29) is 5.97 Å². The smallest absolute Gasteiger partial charge is 0.362 e. The molecule has 0 N–H and O–H groups in total. The van der Waals surface area contributed by atoms with E-state index < -0.39 is 0 Å². The van der Waals surface area contributed by atoms with Crippen LogP contribution in [0.4, 0.5) is 0 Å². The van der Waals surface area contributed by atoms with Gasteiger partial charge in [0.25, 0.3) is 0 Å². The highest BCUT2D eigenvalue weighted by atomic mass is 16.5. The van der Waals surface area contributed by atoms with Crippen molar-refractivity contribution in [3.8, 4) is 0 Å². The average Bonchev–Trinajstić information content (AvgIpc) is 2.30. The van der Waals surface area contributed by atoms with Gasteiger partial charge in [0.1, 0.15) is 7.05 Å². The van der Waals surface area contributed by atoms with Crippen LogP contribution in [0.3, 0.4) is 0 Å². The second-order valence-corrected chi connectivity index (χ2v) is 3.16. The fourth-order valence-corrected chi connectivity index (χ4v) is 1.19. The third-order valence-electron chi connectivity index (χ3n) is 1.79. The van der Waals surface area contributed by atoms with E-state index in [1.807, 2.05) is 37.4 Å². The van der Waals surface area contributed by atoms with Gasteiger partial charge in [0.15, 0.2) is 12.7 Å². The first-order valence-electron chi connectivity index (χ1n) is 3.75. The van der Waals surface area contributed by atoms with E-state index in [9.17, 15) is 4.79 Å². The van der Waals surface area contributed by atoms with Crippen LogP contribution in [0.25, 0.3) is 0 Å². The highest BCUT2D eigenvalue weighted by Gasteiger charge is 2.30. The Morgan fingerprint density at radius 3 is 2.75 bits per heavy atom. The minimum Gasteiger partial charge on any atom is -0.465 e. The number of rotatable bonds is 2. The normalized spacial score (nSPS) is 27.1. The van der Waals surface area contributed by atoms with E-state index in [0.29, 0.717) is 11.0 Å². The first kappa shape index (κ1) is 8.93. The fourth-order valence-electron chi connectivity index (χ4n) is 1.19. The molecule has 4 heteroatoms. The second-order valence-electron chi connectivity index (χ2n) is 3.16. The highest BCUT2D eigenvalue weighted by molar-refractivity contribution is 5.71. The van der Waals surface area contributed by atoms with E-state index in [2.05, 4.69) is 4.74 Å². The number of quaternary nitrogens is 1. The number of ether oxygens (including phenoxy) is 1. The van der Waals surface area contributed by atoms with E-state index in [1.165, 1.54) is 7.11 Å². The number of hydrogen-bond acceptors (Lipinski definition) is 2. The number of esters is 1. The van der Waals surface area contributed by atoms with E-state index in [4.69, 9.17) is 0 Å². The molecular weight excluding hydrogens is 156 g/mol. The van der Waals surface area contributed by atoms with Crippen molar-refractivity contribution in [2.45, 2.75) is 0 Å². The van der Waals surface area contributed by atoms with Crippen molar-refractivity contribution in [3.63, 3.8) is 0 Å². The lowest BCUT2D eigenvalue weighted by atomic mass is 10.5. The molecule has 0 aromatic carbocycles. The quantitative estimate of drug-likeness (QED) is 0.325. The molecule has 0 saturated carbocycles. The van der Waals surface area contributed by atoms with Crippen LogP contribution >= 0.6 is 0 Å². The molecule has 0 amide bonds. The Labute approximate surface area is 71.9 Å². The zero-order valence-electron chi connectivity index (χ0n) is 7.65. The third kappa shape index (κ3) is 1.92. The first-order chi connectivity index (χ1) is 5.56. The lowest BCUT2D eigenvalue weighted by Crippen LogP contribution is -2.41. The van der Waals surface area contributed by atoms with Crippen molar-refractivity contribution in [1.82, 2.24) is 0 Å². The molecule has 1 heterocycles. The number of carbonyl (C=O) groups is 1. The topological polar surface area (TPSA) is 29.3 Å². The van der Waals surface area contributed by atoms with Crippen LogP contribution in [-0.4, -0.2) is 49.1 Å². The summed E-state index contributed by atoms with van der Waals surface area (Å²) < 4.78 is 6.98. The number of likely N-dealkylation sites (N-methyl/N-ethyl adjacent to an activating group) is 1. The maximum Gasteiger partial charge on any atom is 0.362 e. The van der Waals surface area contributed by atoms with Crippen LogP contribution in [-0.2, 0) is 9.53 Å². The largest absolute Gasteiger partial charge is 0.465 e. The third-order valence-corrected chi connectivity index (χ3v) is 1.79. The molecular formula is C8H14N2O2+2. The van der Waals surface area contributed by atoms with Gasteiger partial charge < -0.3 is 4.74 Å². The van der Waals surface area contributed by atoms with Crippen molar-refractivity contribution >= 4 is 12.3 Å². The monoisotopic (exact) mass is 170 g/mol. The molecule has 66 valence electrons. The Morgan fingerprint density at radius 2 is 2.33 bits per heavy atom. The minimum absolute atomic E-state index is 0.200. The van der Waals surface area contributed by atoms with E-state index >= 15 is 0 Å². The molecule has 0 saturated heterocycles. The van der Waals surface area contributed by atoms with Crippen LogP contribution in [0.5, 0.6) is 0 Å². The van der Waals surface area contributed by atoms with Crippen LogP contribution in [0.2, 0.25) is 0 Å². The molecule has 0 aromatic heterocycles. The fraction of sp³-hybridized carbons (Fsp3) is 0.500. The van der Waals surface area contributed by atoms with Crippen LogP contribution in [0.1, 0.15) is 0 Å². The van der Waals surface area contributed by atoms with Gasteiger partial charge in [-0.2, -0.15) is 4.58 Å². The van der Waals surface area contributed by atoms with Gasteiger partial charge in [-0.1, -0.05) is 0 Å². The molecule has 0 aliphatic carbocycles. The average molecular weight is 170 g/mol. The summed E-state index contributed by atoms with van der Waals surface area (Å²) in [6.07, 6.45) is 5.80. The molecule has 12 heavy (non-hydrogen) atoms. The highest BCUT2D eigenvalue weighted by Crippen LogP contribution is 2.05. The standard InChI is InChI=1S/C8H14N2O2/c1-9-4-5-10(2,7-9)6-8(11)12-3/h4-5,7H,6H2,1-3H3/q+2/t10-/m0/s1. The Bertz CT molecular complexity index is 258. The summed E-state index contributed by atoms with van der Waals surface area (Å²) in [5.74, 6) is -0.200. The van der Waals surface area contributed by atoms with Gasteiger partial charge in [-0.05, 0) is 0 Å². The SMILES string of the molecule is COC(=O)C[N@+]1(C)C=C[N+](C)=C1. The number of hydrogen-bond donors (Lipinski definition) is 0. The van der Waals surface area contributed by atoms with Gasteiger partial charge in [0, 0.05) is 0 Å². The summed E-state index contributed by atoms with van der Waals surface area (Å²) in [7, 11) is 5.27. The molecule has 1 atom stereocenters. The summed E-state index contributed by atoms with van der Waals surface area (Å²) >= 11 is 0. The lowest BCUT2D eigenvalue weighted by molar-refractivity contribution is -0.759. The van der Waals surface area contributed by atoms with E-state index in [0.717, 1.165) is 0 Å². The van der Waals surface area contributed by atoms with Gasteiger partial charge >= 0.3 is 12.3 Å². The van der Waals surface area contributed by atoms with Gasteiger partial charge in [-0.25, -0.2) is 9.28 Å². The summed E-state index contributed by atoms with van der Waals surface area (Å²) in [6.45, 7) is 0.345. The number of methoxy groups -OCH3 is 1. The van der Waals surface area contributed by atoms with Crippen LogP contribution in [0, 0.1) is 0 Å². The molecule has 1 aliphatic heterocycles. The summed E-state index contributed by atoms with van der Waals surface area (Å²) in [5, 5.41) is 0. The maximum atomic E-state index is 11.0. The molecule has 1 rings (SSSR count). The molecule has 0 fully saturated rings. The molecule has 0 aromatic rings. The molecule has 0 bridgehead atoms. The first-order valence-corrected chi connectivity index (χ1v) is 3.75. The van der Waals surface area contributed by atoms with Gasteiger partial charge in [-0.3, -0.25) is 0 Å². The molecule has 0 spiro atoms. The Kier molecular flexibility index (Phi) is 2.28. The molecule has 1 aliphatic rings. The van der Waals surface area contributed by atoms with Crippen molar-refractivity contribution in [2.24, 2.45) is 0 Å². The Balaban J connectivity index is 2.64. The molecule has 0 unspecified atom stereocenters. The lowest BCUT2D eigenvalue weighted by Gasteiger charge is -2.15. The minimum atomic E-state index is -0.200. The Morgan fingerprint density at radius 1 is 1.67 bits per heavy atom. The second kappa shape index (κ2) is 3.06. The number of carbonyl (C=O) groups excluding carboxylic acids is 1. The molecule has 0 radical (unpaired) electrons. The van der Waals surface area contributed by atoms with Crippen LogP contribution < -0.4 is 0 Å². The zero-order valence-corrected chi connectivity index (χ0v) is 7.65. The van der Waals surface area contributed by atoms with Crippen molar-refractivity contribution in [1.29, 1.82) is 0 Å². The zero-order chi connectivity index (χ0) is 9.19. The predicted octanol–water partition coefficient (Wildman–Crippen LogP) is -0.239. The summed E-state index contributed by atoms with van der Waals surface area (Å²) in [6, 6.07) is 0. The summed E-state index contributed by atoms with van der Waals surface area (Å²) in [5.41, 5.74) is 0. The van der Waals surface area contributed by atoms with Gasteiger partial charge in [-0.15, -0.1) is 0 Å². The number of nitrogens with zero attached hydrogens (tertiary/aromatic N) is 2. The van der Waals surface area contributed by atoms with Crippen molar-refractivity contribution in [3.05, 3.63) is 12.4 Å². The van der Waals surface area contributed by atoms with Gasteiger partial charge in [0.2, 0.25) is 6.20 Å². The predicted molar refractivity (Wildman–Crippen MR) is 44.5 cm³/mol. The maximum absolute atomic E-state index is 11.0. The van der Waals surface area contributed by atoms with Crippen LogP contribution in [0.15, 0.2) is 12.4 Å². The van der Waals surface area contributed by atoms with Crippen molar-refractivity contribution in [2.75, 3.05) is 27.7 Å². The summed E-state index contributed by atoms with van der Waals surface area (Å²) in [4.78, 5) is 11.0. The molecule has 4 nitrogen and oxygen atoms in total. The van der Waals surface area contributed by atoms with Crippen molar-refractivity contribution < 1.29 is 18.6 Å². The van der Waals surface area contributed by atoms with E-state index in [1.54, 1.807) is 0 Å². The Hall–Kier alpha value is -1.16. The van der Waals surface area contributed by atoms with Gasteiger partial charge in [0.05, 0.1) is 14.2 Å².